The third kappa shape index (κ3) is 9.57. The highest BCUT2D eigenvalue weighted by Crippen LogP contribution is 2.37. The summed E-state index contributed by atoms with van der Waals surface area (Å²) >= 11 is 0. The highest BCUT2D eigenvalue weighted by Gasteiger charge is 2.20. The van der Waals surface area contributed by atoms with Crippen LogP contribution in [-0.2, 0) is 17.6 Å². The van der Waals surface area contributed by atoms with Crippen molar-refractivity contribution in [2.75, 3.05) is 13.7 Å². The number of ether oxygens (including phenoxy) is 3. The standard InChI is InChI=1S/C36H39NO6/c1-7-42-33-22-27(11-16-32(33)43-34(39)17-12-26-18-20-37-21-19-26)10-15-31(38)30-23-28(13-8-24(2)3)36(41-6)29(35(30)40)14-9-25(4)5/h8-12,15-23,40H,7,13-14H2,1-6H3/b15-10+,17-12+. The van der Waals surface area contributed by atoms with Crippen molar-refractivity contribution in [1.82, 2.24) is 4.98 Å². The molecule has 0 spiro atoms. The van der Waals surface area contributed by atoms with Crippen molar-refractivity contribution in [3.8, 4) is 23.0 Å². The first-order chi connectivity index (χ1) is 20.6. The van der Waals surface area contributed by atoms with Crippen LogP contribution in [0, 0.1) is 0 Å². The van der Waals surface area contributed by atoms with Gasteiger partial charge in [0.25, 0.3) is 0 Å². The van der Waals surface area contributed by atoms with Crippen LogP contribution in [0.3, 0.4) is 0 Å². The van der Waals surface area contributed by atoms with E-state index < -0.39 is 5.97 Å². The summed E-state index contributed by atoms with van der Waals surface area (Å²) in [6, 6.07) is 10.3. The van der Waals surface area contributed by atoms with Gasteiger partial charge in [0.2, 0.25) is 0 Å². The number of benzene rings is 2. The van der Waals surface area contributed by atoms with E-state index in [0.717, 1.165) is 22.3 Å². The molecule has 7 heteroatoms. The number of pyridine rings is 1. The topological polar surface area (TPSA) is 95.0 Å². The van der Waals surface area contributed by atoms with E-state index in [0.29, 0.717) is 42.1 Å². The Morgan fingerprint density at radius 3 is 2.19 bits per heavy atom. The van der Waals surface area contributed by atoms with Crippen LogP contribution in [0.2, 0.25) is 0 Å². The molecule has 0 unspecified atom stereocenters. The summed E-state index contributed by atoms with van der Waals surface area (Å²) < 4.78 is 16.9. The van der Waals surface area contributed by atoms with Gasteiger partial charge in [-0.3, -0.25) is 9.78 Å². The quantitative estimate of drug-likeness (QED) is 0.0726. The molecule has 0 bridgehead atoms. The van der Waals surface area contributed by atoms with Crippen LogP contribution in [0.1, 0.15) is 67.2 Å². The lowest BCUT2D eigenvalue weighted by Gasteiger charge is -2.17. The Morgan fingerprint density at radius 2 is 1.53 bits per heavy atom. The molecule has 1 heterocycles. The Morgan fingerprint density at radius 1 is 0.860 bits per heavy atom. The Balaban J connectivity index is 1.89. The van der Waals surface area contributed by atoms with Gasteiger partial charge < -0.3 is 19.3 Å². The Kier molecular flexibility index (Phi) is 12.1. The number of aromatic nitrogens is 1. The predicted octanol–water partition coefficient (Wildman–Crippen LogP) is 7.73. The van der Waals surface area contributed by atoms with E-state index in [2.05, 4.69) is 11.1 Å². The van der Waals surface area contributed by atoms with E-state index in [9.17, 15) is 14.7 Å². The molecule has 43 heavy (non-hydrogen) atoms. The summed E-state index contributed by atoms with van der Waals surface area (Å²) in [6.07, 6.45) is 14.3. The van der Waals surface area contributed by atoms with Crippen LogP contribution in [0.5, 0.6) is 23.0 Å². The number of nitrogens with zero attached hydrogens (tertiary/aromatic N) is 1. The second-order valence-corrected chi connectivity index (χ2v) is 10.3. The molecule has 2 aromatic carbocycles. The van der Waals surface area contributed by atoms with Gasteiger partial charge in [-0.15, -0.1) is 0 Å². The van der Waals surface area contributed by atoms with Crippen molar-refractivity contribution in [2.24, 2.45) is 0 Å². The molecule has 7 nitrogen and oxygen atoms in total. The van der Waals surface area contributed by atoms with Crippen molar-refractivity contribution < 1.29 is 28.9 Å². The van der Waals surface area contributed by atoms with Gasteiger partial charge in [-0.25, -0.2) is 4.79 Å². The van der Waals surface area contributed by atoms with E-state index in [1.54, 1.807) is 68.1 Å². The van der Waals surface area contributed by atoms with E-state index in [1.807, 2.05) is 40.7 Å². The number of phenols is 1. The zero-order valence-corrected chi connectivity index (χ0v) is 25.6. The highest BCUT2D eigenvalue weighted by molar-refractivity contribution is 6.09. The number of rotatable bonds is 13. The van der Waals surface area contributed by atoms with Crippen LogP contribution >= 0.6 is 0 Å². The minimum Gasteiger partial charge on any atom is -0.507 e. The number of carbonyl (C=O) groups excluding carboxylic acids is 2. The second kappa shape index (κ2) is 15.9. The maximum Gasteiger partial charge on any atom is 0.336 e. The maximum atomic E-state index is 13.4. The zero-order valence-electron chi connectivity index (χ0n) is 25.6. The number of methoxy groups -OCH3 is 1. The molecular weight excluding hydrogens is 542 g/mol. The normalized spacial score (nSPS) is 10.9. The monoisotopic (exact) mass is 581 g/mol. The van der Waals surface area contributed by atoms with Crippen molar-refractivity contribution in [1.29, 1.82) is 0 Å². The van der Waals surface area contributed by atoms with Gasteiger partial charge in [0.15, 0.2) is 17.3 Å². The summed E-state index contributed by atoms with van der Waals surface area (Å²) in [5, 5.41) is 11.2. The zero-order chi connectivity index (χ0) is 31.4. The SMILES string of the molecule is CCOc1cc(/C=C/C(=O)c2cc(CC=C(C)C)c(OC)c(CC=C(C)C)c2O)ccc1OC(=O)/C=C/c1ccncc1. The molecule has 0 atom stereocenters. The van der Waals surface area contributed by atoms with Gasteiger partial charge >= 0.3 is 5.97 Å². The maximum absolute atomic E-state index is 13.4. The van der Waals surface area contributed by atoms with Gasteiger partial charge in [-0.05, 0) is 107 Å². The van der Waals surface area contributed by atoms with Crippen LogP contribution in [-0.4, -0.2) is 35.6 Å². The molecule has 0 aliphatic carbocycles. The predicted molar refractivity (Wildman–Crippen MR) is 171 cm³/mol. The fourth-order valence-corrected chi connectivity index (χ4v) is 4.20. The third-order valence-corrected chi connectivity index (χ3v) is 6.36. The molecule has 0 radical (unpaired) electrons. The fraction of sp³-hybridized carbons (Fsp3) is 0.250. The van der Waals surface area contributed by atoms with E-state index in [1.165, 1.54) is 12.2 Å². The third-order valence-electron chi connectivity index (χ3n) is 6.36. The van der Waals surface area contributed by atoms with Gasteiger partial charge in [0.1, 0.15) is 11.5 Å². The molecule has 3 aromatic rings. The molecule has 0 saturated heterocycles. The molecule has 0 saturated carbocycles. The molecule has 1 N–H and O–H groups in total. The lowest BCUT2D eigenvalue weighted by atomic mass is 9.94. The Hall–Kier alpha value is -4.91. The molecular formula is C36H39NO6. The van der Waals surface area contributed by atoms with Crippen LogP contribution < -0.4 is 14.2 Å². The molecule has 0 fully saturated rings. The summed E-state index contributed by atoms with van der Waals surface area (Å²) in [5.74, 6) is 0.196. The largest absolute Gasteiger partial charge is 0.507 e. The van der Waals surface area contributed by atoms with Crippen LogP contribution in [0.15, 0.2) is 84.2 Å². The molecule has 3 rings (SSSR count). The first kappa shape index (κ1) is 32.6. The number of phenolic OH excluding ortho intramolecular Hbond substituents is 1. The Labute approximate surface area is 253 Å². The minimum atomic E-state index is -0.556. The fourth-order valence-electron chi connectivity index (χ4n) is 4.20. The van der Waals surface area contributed by atoms with Gasteiger partial charge in [0, 0.05) is 24.0 Å². The van der Waals surface area contributed by atoms with E-state index >= 15 is 0 Å². The first-order valence-corrected chi connectivity index (χ1v) is 14.1. The average Bonchev–Trinajstić information content (AvgIpc) is 2.98. The number of hydrogen-bond acceptors (Lipinski definition) is 7. The van der Waals surface area contributed by atoms with Crippen molar-refractivity contribution >= 4 is 23.9 Å². The van der Waals surface area contributed by atoms with Crippen LogP contribution in [0.4, 0.5) is 0 Å². The van der Waals surface area contributed by atoms with Crippen molar-refractivity contribution in [3.63, 3.8) is 0 Å². The average molecular weight is 582 g/mol. The summed E-state index contributed by atoms with van der Waals surface area (Å²) in [4.78, 5) is 29.8. The van der Waals surface area contributed by atoms with Gasteiger partial charge in [-0.2, -0.15) is 0 Å². The van der Waals surface area contributed by atoms with Gasteiger partial charge in [-0.1, -0.05) is 35.4 Å². The van der Waals surface area contributed by atoms with E-state index in [4.69, 9.17) is 14.2 Å². The second-order valence-electron chi connectivity index (χ2n) is 10.3. The van der Waals surface area contributed by atoms with Crippen molar-refractivity contribution in [3.05, 3.63) is 112 Å². The van der Waals surface area contributed by atoms with E-state index in [-0.39, 0.29) is 22.8 Å². The number of hydrogen-bond donors (Lipinski definition) is 1. The molecule has 0 aliphatic rings. The minimum absolute atomic E-state index is 0.0953. The first-order valence-electron chi connectivity index (χ1n) is 14.1. The highest BCUT2D eigenvalue weighted by atomic mass is 16.6. The van der Waals surface area contributed by atoms with Crippen LogP contribution in [0.25, 0.3) is 12.2 Å². The summed E-state index contributed by atoms with van der Waals surface area (Å²) in [5.41, 5.74) is 5.29. The summed E-state index contributed by atoms with van der Waals surface area (Å²) in [7, 11) is 1.57. The molecule has 0 amide bonds. The Bertz CT molecular complexity index is 1560. The molecule has 1 aromatic heterocycles. The number of aromatic hydroxyl groups is 1. The number of carbonyl (C=O) groups is 2. The molecule has 224 valence electrons. The number of esters is 1. The van der Waals surface area contributed by atoms with Gasteiger partial charge in [0.05, 0.1) is 19.3 Å². The van der Waals surface area contributed by atoms with Crippen molar-refractivity contribution in [2.45, 2.75) is 47.5 Å². The number of ketones is 1. The smallest absolute Gasteiger partial charge is 0.336 e. The number of allylic oxidation sites excluding steroid dienone is 5. The molecule has 0 aliphatic heterocycles. The lowest BCUT2D eigenvalue weighted by molar-refractivity contribution is -0.129. The lowest BCUT2D eigenvalue weighted by Crippen LogP contribution is -2.06. The summed E-state index contributed by atoms with van der Waals surface area (Å²) in [6.45, 7) is 10.2.